The van der Waals surface area contributed by atoms with Crippen LogP contribution < -0.4 is 10.1 Å². The van der Waals surface area contributed by atoms with E-state index in [2.05, 4.69) is 27.1 Å². The van der Waals surface area contributed by atoms with Gasteiger partial charge in [0.15, 0.2) is 0 Å². The average Bonchev–Trinajstić information content (AvgIpc) is 2.48. The Hall–Kier alpha value is -1.96. The largest absolute Gasteiger partial charge is 0.476 e. The van der Waals surface area contributed by atoms with Crippen molar-refractivity contribution in [3.63, 3.8) is 0 Å². The van der Waals surface area contributed by atoms with Crippen LogP contribution in [0.4, 0.5) is 11.5 Å². The van der Waals surface area contributed by atoms with Crippen LogP contribution in [-0.2, 0) is 0 Å². The highest BCUT2D eigenvalue weighted by molar-refractivity contribution is 5.60. The maximum atomic E-state index is 11.1. The fraction of sp³-hybridized carbons (Fsp3) is 0.692. The quantitative estimate of drug-likeness (QED) is 0.628. The second-order valence-corrected chi connectivity index (χ2v) is 5.29. The summed E-state index contributed by atoms with van der Waals surface area (Å²) in [5, 5.41) is 14.1. The minimum atomic E-state index is -0.524. The van der Waals surface area contributed by atoms with Crippen LogP contribution in [0.2, 0.25) is 0 Å². The van der Waals surface area contributed by atoms with Gasteiger partial charge in [0, 0.05) is 13.1 Å². The molecule has 8 heteroatoms. The number of nitrogens with zero attached hydrogens (tertiary/aromatic N) is 4. The van der Waals surface area contributed by atoms with Gasteiger partial charge in [0.1, 0.15) is 6.33 Å². The Morgan fingerprint density at radius 1 is 1.48 bits per heavy atom. The molecular formula is C13H21N5O3. The van der Waals surface area contributed by atoms with Gasteiger partial charge >= 0.3 is 5.69 Å². The van der Waals surface area contributed by atoms with E-state index in [4.69, 9.17) is 4.74 Å². The molecule has 0 unspecified atom stereocenters. The van der Waals surface area contributed by atoms with Crippen LogP contribution in [0.25, 0.3) is 0 Å². The first kappa shape index (κ1) is 15.4. The molecular weight excluding hydrogens is 274 g/mol. The third-order valence-corrected chi connectivity index (χ3v) is 3.76. The van der Waals surface area contributed by atoms with E-state index in [1.54, 1.807) is 0 Å². The van der Waals surface area contributed by atoms with Gasteiger partial charge in [0.05, 0.1) is 12.0 Å². The van der Waals surface area contributed by atoms with Crippen molar-refractivity contribution >= 4 is 11.5 Å². The molecule has 21 heavy (non-hydrogen) atoms. The van der Waals surface area contributed by atoms with Crippen molar-refractivity contribution < 1.29 is 9.66 Å². The molecule has 1 saturated heterocycles. The molecule has 8 nitrogen and oxygen atoms in total. The minimum Gasteiger partial charge on any atom is -0.476 e. The molecule has 116 valence electrons. The molecule has 1 aromatic heterocycles. The zero-order valence-corrected chi connectivity index (χ0v) is 12.4. The zero-order valence-electron chi connectivity index (χ0n) is 12.4. The van der Waals surface area contributed by atoms with Gasteiger partial charge in [-0.2, -0.15) is 4.98 Å². The van der Waals surface area contributed by atoms with E-state index in [0.29, 0.717) is 6.54 Å². The Morgan fingerprint density at radius 3 is 2.81 bits per heavy atom. The van der Waals surface area contributed by atoms with Crippen molar-refractivity contribution in [1.29, 1.82) is 0 Å². The Labute approximate surface area is 123 Å². The normalized spacial score (nSPS) is 16.7. The van der Waals surface area contributed by atoms with Gasteiger partial charge < -0.3 is 15.0 Å². The Kier molecular flexibility index (Phi) is 5.26. The molecule has 1 N–H and O–H groups in total. The summed E-state index contributed by atoms with van der Waals surface area (Å²) in [4.78, 5) is 20.6. The maximum Gasteiger partial charge on any atom is 0.372 e. The number of likely N-dealkylation sites (tertiary alicyclic amines) is 1. The summed E-state index contributed by atoms with van der Waals surface area (Å²) in [6.07, 6.45) is 3.68. The number of hydrogen-bond acceptors (Lipinski definition) is 7. The standard InChI is InChI=1S/C13H21N5O3/c1-10-3-6-17(7-4-10)8-5-14-12-11(18(19)20)13(21-2)16-9-15-12/h9-10H,3-8H2,1-2H3,(H,14,15,16). The first-order valence-electron chi connectivity index (χ1n) is 7.11. The summed E-state index contributed by atoms with van der Waals surface area (Å²) in [5.41, 5.74) is -0.215. The number of nitrogens with one attached hydrogen (secondary N) is 1. The second-order valence-electron chi connectivity index (χ2n) is 5.29. The predicted octanol–water partition coefficient (Wildman–Crippen LogP) is 1.54. The molecule has 0 saturated carbocycles. The number of piperidine rings is 1. The summed E-state index contributed by atoms with van der Waals surface area (Å²) in [5.74, 6) is 0.975. The molecule has 1 aromatic rings. The molecule has 0 bridgehead atoms. The van der Waals surface area contributed by atoms with E-state index in [-0.39, 0.29) is 17.4 Å². The van der Waals surface area contributed by atoms with Crippen molar-refractivity contribution in [2.75, 3.05) is 38.6 Å². The summed E-state index contributed by atoms with van der Waals surface area (Å²) in [6, 6.07) is 0. The van der Waals surface area contributed by atoms with E-state index >= 15 is 0 Å². The van der Waals surface area contributed by atoms with Crippen LogP contribution in [-0.4, -0.2) is 53.1 Å². The minimum absolute atomic E-state index is 0.0238. The molecule has 1 fully saturated rings. The Bertz CT molecular complexity index is 489. The van der Waals surface area contributed by atoms with Crippen LogP contribution in [0.5, 0.6) is 5.88 Å². The number of aromatic nitrogens is 2. The van der Waals surface area contributed by atoms with Crippen molar-refractivity contribution in [1.82, 2.24) is 14.9 Å². The molecule has 0 amide bonds. The summed E-state index contributed by atoms with van der Waals surface area (Å²) in [7, 11) is 1.36. The van der Waals surface area contributed by atoms with Crippen molar-refractivity contribution in [2.24, 2.45) is 5.92 Å². The molecule has 1 aliphatic heterocycles. The average molecular weight is 295 g/mol. The summed E-state index contributed by atoms with van der Waals surface area (Å²) in [6.45, 7) is 5.88. The van der Waals surface area contributed by atoms with Gasteiger partial charge in [-0.25, -0.2) is 4.98 Å². The van der Waals surface area contributed by atoms with Crippen molar-refractivity contribution in [3.05, 3.63) is 16.4 Å². The smallest absolute Gasteiger partial charge is 0.372 e. The molecule has 1 aliphatic rings. The third kappa shape index (κ3) is 4.01. The fourth-order valence-electron chi connectivity index (χ4n) is 2.42. The van der Waals surface area contributed by atoms with Gasteiger partial charge in [-0.1, -0.05) is 6.92 Å². The first-order valence-corrected chi connectivity index (χ1v) is 7.11. The monoisotopic (exact) mass is 295 g/mol. The SMILES string of the molecule is COc1ncnc(NCCN2CCC(C)CC2)c1[N+](=O)[O-]. The predicted molar refractivity (Wildman–Crippen MR) is 78.6 cm³/mol. The molecule has 0 spiro atoms. The molecule has 0 aromatic carbocycles. The lowest BCUT2D eigenvalue weighted by Gasteiger charge is -2.30. The van der Waals surface area contributed by atoms with E-state index in [1.165, 1.54) is 26.3 Å². The van der Waals surface area contributed by atoms with Crippen LogP contribution in [0, 0.1) is 16.0 Å². The summed E-state index contributed by atoms with van der Waals surface area (Å²) >= 11 is 0. The van der Waals surface area contributed by atoms with E-state index < -0.39 is 4.92 Å². The van der Waals surface area contributed by atoms with Crippen LogP contribution >= 0.6 is 0 Å². The number of anilines is 1. The molecule has 0 radical (unpaired) electrons. The van der Waals surface area contributed by atoms with Crippen LogP contribution in [0.15, 0.2) is 6.33 Å². The Morgan fingerprint density at radius 2 is 2.19 bits per heavy atom. The maximum absolute atomic E-state index is 11.1. The van der Waals surface area contributed by atoms with E-state index in [0.717, 1.165) is 25.6 Å². The lowest BCUT2D eigenvalue weighted by molar-refractivity contribution is -0.385. The number of rotatable bonds is 6. The van der Waals surface area contributed by atoms with Crippen LogP contribution in [0.3, 0.4) is 0 Å². The van der Waals surface area contributed by atoms with Gasteiger partial charge in [-0.3, -0.25) is 10.1 Å². The second kappa shape index (κ2) is 7.16. The van der Waals surface area contributed by atoms with Crippen LogP contribution in [0.1, 0.15) is 19.8 Å². The number of methoxy groups -OCH3 is 1. The lowest BCUT2D eigenvalue weighted by atomic mass is 9.99. The molecule has 0 aliphatic carbocycles. The van der Waals surface area contributed by atoms with Crippen molar-refractivity contribution in [3.8, 4) is 5.88 Å². The summed E-state index contributed by atoms with van der Waals surface area (Å²) < 4.78 is 4.91. The molecule has 0 atom stereocenters. The number of hydrogen-bond donors (Lipinski definition) is 1. The fourth-order valence-corrected chi connectivity index (χ4v) is 2.42. The highest BCUT2D eigenvalue weighted by atomic mass is 16.6. The van der Waals surface area contributed by atoms with Gasteiger partial charge in [-0.15, -0.1) is 0 Å². The highest BCUT2D eigenvalue weighted by Crippen LogP contribution is 2.30. The van der Waals surface area contributed by atoms with Gasteiger partial charge in [-0.05, 0) is 31.8 Å². The third-order valence-electron chi connectivity index (χ3n) is 3.76. The zero-order chi connectivity index (χ0) is 15.2. The van der Waals surface area contributed by atoms with Gasteiger partial charge in [0.2, 0.25) is 5.82 Å². The lowest BCUT2D eigenvalue weighted by Crippen LogP contribution is -2.36. The number of ether oxygens (including phenoxy) is 1. The topological polar surface area (TPSA) is 93.4 Å². The van der Waals surface area contributed by atoms with E-state index in [1.807, 2.05) is 0 Å². The van der Waals surface area contributed by atoms with E-state index in [9.17, 15) is 10.1 Å². The molecule has 2 rings (SSSR count). The molecule has 2 heterocycles. The number of nitro groups is 1. The van der Waals surface area contributed by atoms with Crippen molar-refractivity contribution in [2.45, 2.75) is 19.8 Å². The first-order chi connectivity index (χ1) is 10.1. The van der Waals surface area contributed by atoms with Gasteiger partial charge in [0.25, 0.3) is 5.88 Å². The highest BCUT2D eigenvalue weighted by Gasteiger charge is 2.23. The Balaban J connectivity index is 1.92.